The number of hydrogen-bond acceptors (Lipinski definition) is 4. The number of ether oxygens (including phenoxy) is 1. The van der Waals surface area contributed by atoms with Crippen molar-refractivity contribution in [2.24, 2.45) is 0 Å². The van der Waals surface area contributed by atoms with Gasteiger partial charge in [0, 0.05) is 0 Å². The number of nitrogens with one attached hydrogen (secondary N) is 1. The first-order chi connectivity index (χ1) is 8.13. The van der Waals surface area contributed by atoms with Crippen molar-refractivity contribution in [3.63, 3.8) is 0 Å². The largest absolute Gasteiger partial charge is 0.495 e. The SMILES string of the molecule is COc1ccccc1N1C(=O)CC(O)NC1=S. The van der Waals surface area contributed by atoms with Crippen molar-refractivity contribution in [1.29, 1.82) is 0 Å². The summed E-state index contributed by atoms with van der Waals surface area (Å²) in [4.78, 5) is 13.2. The lowest BCUT2D eigenvalue weighted by molar-refractivity contribution is -0.120. The van der Waals surface area contributed by atoms with E-state index in [0.29, 0.717) is 11.4 Å². The van der Waals surface area contributed by atoms with Crippen molar-refractivity contribution in [2.45, 2.75) is 12.6 Å². The van der Waals surface area contributed by atoms with Gasteiger partial charge in [0.2, 0.25) is 5.91 Å². The number of carbonyl (C=O) groups excluding carboxylic acids is 1. The summed E-state index contributed by atoms with van der Waals surface area (Å²) < 4.78 is 5.18. The van der Waals surface area contributed by atoms with Crippen LogP contribution in [0.3, 0.4) is 0 Å². The van der Waals surface area contributed by atoms with Gasteiger partial charge in [-0.2, -0.15) is 0 Å². The number of para-hydroxylation sites is 2. The van der Waals surface area contributed by atoms with Gasteiger partial charge in [0.05, 0.1) is 19.2 Å². The highest BCUT2D eigenvalue weighted by Gasteiger charge is 2.30. The fourth-order valence-electron chi connectivity index (χ4n) is 1.69. The van der Waals surface area contributed by atoms with E-state index in [2.05, 4.69) is 5.32 Å². The predicted octanol–water partition coefficient (Wildman–Crippen LogP) is 0.625. The van der Waals surface area contributed by atoms with Crippen LogP contribution in [-0.2, 0) is 4.79 Å². The molecule has 5 nitrogen and oxygen atoms in total. The molecule has 1 saturated heterocycles. The Labute approximate surface area is 104 Å². The molecule has 1 aromatic carbocycles. The quantitative estimate of drug-likeness (QED) is 0.756. The van der Waals surface area contributed by atoms with Gasteiger partial charge >= 0.3 is 0 Å². The van der Waals surface area contributed by atoms with Crippen LogP contribution < -0.4 is 15.0 Å². The van der Waals surface area contributed by atoms with Gasteiger partial charge in [0.1, 0.15) is 12.0 Å². The third kappa shape index (κ3) is 2.22. The summed E-state index contributed by atoms with van der Waals surface area (Å²) in [6.07, 6.45) is -0.931. The molecule has 17 heavy (non-hydrogen) atoms. The smallest absolute Gasteiger partial charge is 0.237 e. The Hall–Kier alpha value is -1.66. The molecule has 0 bridgehead atoms. The fourth-order valence-corrected chi connectivity index (χ4v) is 2.02. The van der Waals surface area contributed by atoms with Crippen molar-refractivity contribution >= 4 is 28.9 Å². The lowest BCUT2D eigenvalue weighted by Crippen LogP contribution is -2.54. The zero-order valence-electron chi connectivity index (χ0n) is 9.21. The van der Waals surface area contributed by atoms with E-state index in [1.807, 2.05) is 6.07 Å². The van der Waals surface area contributed by atoms with Crippen molar-refractivity contribution in [1.82, 2.24) is 5.32 Å². The minimum atomic E-state index is -0.916. The molecule has 1 heterocycles. The third-order valence-corrected chi connectivity index (χ3v) is 2.74. The molecule has 1 aromatic rings. The number of anilines is 1. The number of aliphatic hydroxyl groups is 1. The Morgan fingerprint density at radius 2 is 2.24 bits per heavy atom. The highest BCUT2D eigenvalue weighted by Crippen LogP contribution is 2.29. The summed E-state index contributed by atoms with van der Waals surface area (Å²) in [6.45, 7) is 0. The molecule has 2 rings (SSSR count). The molecule has 0 spiro atoms. The summed E-state index contributed by atoms with van der Waals surface area (Å²) in [5.74, 6) is 0.298. The van der Waals surface area contributed by atoms with E-state index in [4.69, 9.17) is 17.0 Å². The normalized spacial score (nSPS) is 20.1. The first-order valence-electron chi connectivity index (χ1n) is 5.08. The molecule has 1 fully saturated rings. The first-order valence-corrected chi connectivity index (χ1v) is 5.49. The van der Waals surface area contributed by atoms with Gasteiger partial charge in [0.15, 0.2) is 5.11 Å². The number of thiocarbonyl (C=S) groups is 1. The second kappa shape index (κ2) is 4.68. The molecule has 2 N–H and O–H groups in total. The van der Waals surface area contributed by atoms with Crippen LogP contribution in [0, 0.1) is 0 Å². The Balaban J connectivity index is 2.38. The molecule has 1 amide bonds. The van der Waals surface area contributed by atoms with E-state index in [0.717, 1.165) is 0 Å². The van der Waals surface area contributed by atoms with Crippen molar-refractivity contribution in [3.05, 3.63) is 24.3 Å². The molecule has 1 aliphatic heterocycles. The lowest BCUT2D eigenvalue weighted by Gasteiger charge is -2.31. The van der Waals surface area contributed by atoms with Crippen molar-refractivity contribution < 1.29 is 14.6 Å². The Bertz CT molecular complexity index is 446. The van der Waals surface area contributed by atoms with E-state index >= 15 is 0 Å². The standard InChI is InChI=1S/C11H12N2O3S/c1-16-8-5-3-2-4-7(8)13-10(15)6-9(14)12-11(13)17/h2-5,9,14H,6H2,1H3,(H,12,17). The summed E-state index contributed by atoms with van der Waals surface area (Å²) in [7, 11) is 1.53. The average molecular weight is 252 g/mol. The van der Waals surface area contributed by atoms with Gasteiger partial charge in [-0.3, -0.25) is 9.69 Å². The third-order valence-electron chi connectivity index (χ3n) is 2.44. The lowest BCUT2D eigenvalue weighted by atomic mass is 10.2. The number of hydrogen-bond donors (Lipinski definition) is 2. The molecule has 1 atom stereocenters. The zero-order valence-corrected chi connectivity index (χ0v) is 10.0. The van der Waals surface area contributed by atoms with Crippen LogP contribution in [0.1, 0.15) is 6.42 Å². The number of methoxy groups -OCH3 is 1. The van der Waals surface area contributed by atoms with Gasteiger partial charge in [-0.15, -0.1) is 0 Å². The van der Waals surface area contributed by atoms with Gasteiger partial charge in [0.25, 0.3) is 0 Å². The van der Waals surface area contributed by atoms with Gasteiger partial charge in [-0.1, -0.05) is 12.1 Å². The summed E-state index contributed by atoms with van der Waals surface area (Å²) >= 11 is 5.05. The molecule has 0 saturated carbocycles. The molecule has 0 aliphatic carbocycles. The molecule has 1 unspecified atom stereocenters. The van der Waals surface area contributed by atoms with Gasteiger partial charge in [-0.05, 0) is 24.4 Å². The van der Waals surface area contributed by atoms with Gasteiger partial charge < -0.3 is 15.2 Å². The maximum atomic E-state index is 11.9. The van der Waals surface area contributed by atoms with Crippen LogP contribution in [0.4, 0.5) is 5.69 Å². The maximum Gasteiger partial charge on any atom is 0.237 e. The number of benzene rings is 1. The molecular weight excluding hydrogens is 240 g/mol. The summed E-state index contributed by atoms with van der Waals surface area (Å²) in [5, 5.41) is 12.2. The number of amides is 1. The fraction of sp³-hybridized carbons (Fsp3) is 0.273. The van der Waals surface area contributed by atoms with Crippen LogP contribution in [0.15, 0.2) is 24.3 Å². The van der Waals surface area contributed by atoms with Gasteiger partial charge in [-0.25, -0.2) is 0 Å². The highest BCUT2D eigenvalue weighted by atomic mass is 32.1. The molecule has 1 aliphatic rings. The minimum absolute atomic E-state index is 0.0157. The van der Waals surface area contributed by atoms with Crippen LogP contribution in [0.25, 0.3) is 0 Å². The van der Waals surface area contributed by atoms with E-state index in [1.54, 1.807) is 18.2 Å². The molecule has 90 valence electrons. The molecule has 0 radical (unpaired) electrons. The zero-order chi connectivity index (χ0) is 12.4. The van der Waals surface area contributed by atoms with E-state index in [-0.39, 0.29) is 17.4 Å². The minimum Gasteiger partial charge on any atom is -0.495 e. The van der Waals surface area contributed by atoms with Crippen LogP contribution in [-0.4, -0.2) is 29.5 Å². The summed E-state index contributed by atoms with van der Waals surface area (Å²) in [6, 6.07) is 7.08. The van der Waals surface area contributed by atoms with E-state index < -0.39 is 6.23 Å². The monoisotopic (exact) mass is 252 g/mol. The van der Waals surface area contributed by atoms with Crippen LogP contribution in [0.5, 0.6) is 5.75 Å². The molecule has 6 heteroatoms. The van der Waals surface area contributed by atoms with Crippen molar-refractivity contribution in [2.75, 3.05) is 12.0 Å². The Kier molecular flexibility index (Phi) is 3.26. The number of aliphatic hydroxyl groups excluding tert-OH is 1. The number of nitrogens with zero attached hydrogens (tertiary/aromatic N) is 1. The Morgan fingerprint density at radius 1 is 1.53 bits per heavy atom. The summed E-state index contributed by atoms with van der Waals surface area (Å²) in [5.41, 5.74) is 0.574. The topological polar surface area (TPSA) is 61.8 Å². The van der Waals surface area contributed by atoms with E-state index in [1.165, 1.54) is 12.0 Å². The molecular formula is C11H12N2O3S. The maximum absolute atomic E-state index is 11.9. The number of carbonyl (C=O) groups is 1. The second-order valence-electron chi connectivity index (χ2n) is 3.57. The van der Waals surface area contributed by atoms with Crippen molar-refractivity contribution in [3.8, 4) is 5.75 Å². The number of rotatable bonds is 2. The van der Waals surface area contributed by atoms with E-state index in [9.17, 15) is 9.90 Å². The second-order valence-corrected chi connectivity index (χ2v) is 3.96. The van der Waals surface area contributed by atoms with Crippen LogP contribution in [0.2, 0.25) is 0 Å². The van der Waals surface area contributed by atoms with Crippen LogP contribution >= 0.6 is 12.2 Å². The molecule has 0 aromatic heterocycles. The average Bonchev–Trinajstić information content (AvgIpc) is 2.28. The Morgan fingerprint density at radius 3 is 2.88 bits per heavy atom. The highest BCUT2D eigenvalue weighted by molar-refractivity contribution is 7.80. The predicted molar refractivity (Wildman–Crippen MR) is 66.8 cm³/mol. The first kappa shape index (κ1) is 11.8.